The van der Waals surface area contributed by atoms with Crippen LogP contribution in [-0.4, -0.2) is 45.4 Å². The summed E-state index contributed by atoms with van der Waals surface area (Å²) in [5.41, 5.74) is 4.12. The van der Waals surface area contributed by atoms with Gasteiger partial charge in [-0.15, -0.1) is 0 Å². The molecule has 0 aliphatic carbocycles. The number of rotatable bonds is 12. The highest BCUT2D eigenvalue weighted by atomic mass is 31.2. The lowest BCUT2D eigenvalue weighted by Crippen LogP contribution is -2.55. The van der Waals surface area contributed by atoms with E-state index in [2.05, 4.69) is 4.98 Å². The number of nitrogens with zero attached hydrogens (tertiary/aromatic N) is 2. The molecule has 1 aliphatic heterocycles. The average molecular weight is 646 g/mol. The van der Waals surface area contributed by atoms with Crippen molar-refractivity contribution in [3.63, 3.8) is 0 Å². The first-order chi connectivity index (χ1) is 22.0. The van der Waals surface area contributed by atoms with Gasteiger partial charge in [0.2, 0.25) is 0 Å². The lowest BCUT2D eigenvalue weighted by atomic mass is 9.80. The smallest absolute Gasteiger partial charge is 0.363 e. The molecule has 5 rings (SSSR count). The van der Waals surface area contributed by atoms with Gasteiger partial charge in [-0.05, 0) is 62.6 Å². The van der Waals surface area contributed by atoms with Gasteiger partial charge in [0, 0.05) is 6.20 Å². The van der Waals surface area contributed by atoms with Crippen LogP contribution in [0.5, 0.6) is 0 Å². The summed E-state index contributed by atoms with van der Waals surface area (Å²) in [6, 6.07) is 30.5. The Bertz CT molecular complexity index is 1620. The van der Waals surface area contributed by atoms with Gasteiger partial charge in [-0.25, -0.2) is 4.79 Å². The molecule has 4 aromatic rings. The predicted octanol–water partition coefficient (Wildman–Crippen LogP) is 5.80. The summed E-state index contributed by atoms with van der Waals surface area (Å²) in [6.45, 7) is 6.69. The average Bonchev–Trinajstić information content (AvgIpc) is 3.03. The lowest BCUT2D eigenvalue weighted by Gasteiger charge is -2.43. The number of aliphatic hydroxyl groups is 1. The summed E-state index contributed by atoms with van der Waals surface area (Å²) < 4.78 is 40.3. The second-order valence-corrected chi connectivity index (χ2v) is 13.6. The van der Waals surface area contributed by atoms with Gasteiger partial charge >= 0.3 is 13.3 Å². The number of hydrogen-bond donors (Lipinski definition) is 2. The van der Waals surface area contributed by atoms with Crippen molar-refractivity contribution in [1.82, 2.24) is 9.55 Å². The molecule has 0 bridgehead atoms. The van der Waals surface area contributed by atoms with E-state index >= 15 is 0 Å². The van der Waals surface area contributed by atoms with Crippen molar-refractivity contribution in [3.8, 4) is 0 Å². The third-order valence-electron chi connectivity index (χ3n) is 7.51. The van der Waals surface area contributed by atoms with Crippen molar-refractivity contribution in [3.05, 3.63) is 143 Å². The van der Waals surface area contributed by atoms with E-state index in [0.29, 0.717) is 0 Å². The van der Waals surface area contributed by atoms with Gasteiger partial charge in [0.25, 0.3) is 0 Å². The Labute approximate surface area is 269 Å². The number of benzene rings is 3. The molecule has 242 valence electrons. The SMILES string of the molecule is CC(C)OP(=O)(OC(C)C)[C@H]1C=C[C@](O)(n2ccc(N)nc2=O)[C@@H](COC(c2ccccc2)(c2ccccc2)c2ccccc2)O1. The molecule has 0 unspecified atom stereocenters. The maximum Gasteiger partial charge on any atom is 0.363 e. The van der Waals surface area contributed by atoms with E-state index in [-0.39, 0.29) is 12.4 Å². The standard InChI is InChI=1S/C35H40N3O7P/c1-25(2)44-46(41,45-26(3)4)32-20-22-34(40,38-23-21-31(36)37-33(38)39)30(43-32)24-42-35(27-14-8-5-9-15-27,28-16-10-6-11-17-28)29-18-12-7-13-19-29/h5-23,25-26,30,32,40H,24H2,1-4H3,(H2,36,37,39)/t30-,32+,34-/m1/s1. The summed E-state index contributed by atoms with van der Waals surface area (Å²) in [7, 11) is -3.95. The fraction of sp³-hybridized carbons (Fsp3) is 0.314. The van der Waals surface area contributed by atoms with E-state index < -0.39 is 48.8 Å². The molecule has 10 nitrogen and oxygen atoms in total. The Morgan fingerprint density at radius 2 is 1.37 bits per heavy atom. The second-order valence-electron chi connectivity index (χ2n) is 11.6. The summed E-state index contributed by atoms with van der Waals surface area (Å²) in [5.74, 6) is -1.23. The minimum atomic E-state index is -3.95. The van der Waals surface area contributed by atoms with Crippen molar-refractivity contribution in [2.45, 2.75) is 63.2 Å². The summed E-state index contributed by atoms with van der Waals surface area (Å²) in [4.78, 5) is 16.9. The van der Waals surface area contributed by atoms with Gasteiger partial charge < -0.3 is 29.4 Å². The molecule has 11 heteroatoms. The highest BCUT2D eigenvalue weighted by Gasteiger charge is 2.50. The van der Waals surface area contributed by atoms with Crippen LogP contribution in [0.2, 0.25) is 0 Å². The molecular formula is C35H40N3O7P. The van der Waals surface area contributed by atoms with Crippen LogP contribution in [0.15, 0.2) is 120 Å². The number of hydrogen-bond acceptors (Lipinski definition) is 9. The van der Waals surface area contributed by atoms with E-state index in [9.17, 15) is 14.5 Å². The largest absolute Gasteiger partial charge is 0.383 e. The van der Waals surface area contributed by atoms with Crippen LogP contribution in [0.1, 0.15) is 44.4 Å². The first kappa shape index (κ1) is 33.5. The fourth-order valence-corrected chi connectivity index (χ4v) is 7.67. The number of nitrogen functional groups attached to an aromatic ring is 1. The van der Waals surface area contributed by atoms with Crippen LogP contribution in [0.25, 0.3) is 0 Å². The molecular weight excluding hydrogens is 605 g/mol. The molecule has 0 radical (unpaired) electrons. The maximum absolute atomic E-state index is 14.2. The highest BCUT2D eigenvalue weighted by Crippen LogP contribution is 2.58. The van der Waals surface area contributed by atoms with Crippen molar-refractivity contribution in [2.24, 2.45) is 0 Å². The fourth-order valence-electron chi connectivity index (χ4n) is 5.61. The van der Waals surface area contributed by atoms with E-state index in [4.69, 9.17) is 24.3 Å². The van der Waals surface area contributed by atoms with Crippen LogP contribution in [0.3, 0.4) is 0 Å². The number of ether oxygens (including phenoxy) is 2. The zero-order chi connectivity index (χ0) is 33.0. The normalized spacial score (nSPS) is 20.3. The molecule has 0 fully saturated rings. The van der Waals surface area contributed by atoms with Gasteiger partial charge in [-0.2, -0.15) is 4.98 Å². The minimum Gasteiger partial charge on any atom is -0.383 e. The van der Waals surface area contributed by atoms with E-state index in [1.54, 1.807) is 27.7 Å². The highest BCUT2D eigenvalue weighted by molar-refractivity contribution is 7.54. The summed E-state index contributed by atoms with van der Waals surface area (Å²) in [6.07, 6.45) is 1.86. The van der Waals surface area contributed by atoms with E-state index in [1.807, 2.05) is 91.0 Å². The molecule has 0 spiro atoms. The van der Waals surface area contributed by atoms with Crippen molar-refractivity contribution < 1.29 is 28.2 Å². The third kappa shape index (κ3) is 6.78. The Kier molecular flexibility index (Phi) is 10.1. The van der Waals surface area contributed by atoms with E-state index in [1.165, 1.54) is 24.4 Å². The minimum absolute atomic E-state index is 0.00680. The van der Waals surface area contributed by atoms with Crippen molar-refractivity contribution in [2.75, 3.05) is 12.3 Å². The summed E-state index contributed by atoms with van der Waals surface area (Å²) in [5, 5.41) is 12.2. The van der Waals surface area contributed by atoms with Crippen LogP contribution < -0.4 is 11.4 Å². The molecule has 3 atom stereocenters. The monoisotopic (exact) mass is 645 g/mol. The third-order valence-corrected chi connectivity index (χ3v) is 9.86. The molecule has 1 aromatic heterocycles. The first-order valence-corrected chi connectivity index (χ1v) is 16.8. The van der Waals surface area contributed by atoms with Gasteiger partial charge in [0.1, 0.15) is 17.5 Å². The van der Waals surface area contributed by atoms with E-state index in [0.717, 1.165) is 21.3 Å². The molecule has 0 saturated heterocycles. The van der Waals surface area contributed by atoms with Gasteiger partial charge in [0.15, 0.2) is 11.6 Å². The maximum atomic E-state index is 14.2. The quantitative estimate of drug-likeness (QED) is 0.111. The van der Waals surface area contributed by atoms with Crippen LogP contribution in [0.4, 0.5) is 5.82 Å². The Balaban J connectivity index is 1.66. The number of anilines is 1. The van der Waals surface area contributed by atoms with Crippen molar-refractivity contribution in [1.29, 1.82) is 0 Å². The molecule has 2 heterocycles. The molecule has 3 N–H and O–H groups in total. The van der Waals surface area contributed by atoms with Crippen molar-refractivity contribution >= 4 is 13.4 Å². The molecule has 0 amide bonds. The van der Waals surface area contributed by atoms with Gasteiger partial charge in [0.05, 0.1) is 18.8 Å². The number of aromatic nitrogens is 2. The van der Waals surface area contributed by atoms with Crippen LogP contribution in [-0.2, 0) is 34.4 Å². The zero-order valence-corrected chi connectivity index (χ0v) is 27.2. The molecule has 3 aromatic carbocycles. The molecule has 0 saturated carbocycles. The zero-order valence-electron chi connectivity index (χ0n) is 26.3. The van der Waals surface area contributed by atoms with Crippen LogP contribution in [0, 0.1) is 0 Å². The van der Waals surface area contributed by atoms with Crippen LogP contribution >= 0.6 is 7.60 Å². The molecule has 46 heavy (non-hydrogen) atoms. The topological polar surface area (TPSA) is 135 Å². The lowest BCUT2D eigenvalue weighted by molar-refractivity contribution is -0.180. The number of nitrogens with two attached hydrogens (primary N) is 1. The first-order valence-electron chi connectivity index (χ1n) is 15.2. The van der Waals surface area contributed by atoms with Gasteiger partial charge in [-0.1, -0.05) is 91.0 Å². The Morgan fingerprint density at radius 1 is 0.891 bits per heavy atom. The molecule has 1 aliphatic rings. The van der Waals surface area contributed by atoms with Gasteiger partial charge in [-0.3, -0.25) is 9.13 Å². The predicted molar refractivity (Wildman–Crippen MR) is 176 cm³/mol. The Hall–Kier alpha value is -3.89. The Morgan fingerprint density at radius 3 is 1.80 bits per heavy atom. The summed E-state index contributed by atoms with van der Waals surface area (Å²) >= 11 is 0. The second kappa shape index (κ2) is 13.8.